The van der Waals surface area contributed by atoms with E-state index >= 15 is 0 Å². The molecule has 1 saturated heterocycles. The second kappa shape index (κ2) is 5.82. The highest BCUT2D eigenvalue weighted by molar-refractivity contribution is 5.77. The lowest BCUT2D eigenvalue weighted by molar-refractivity contribution is 0.147. The van der Waals surface area contributed by atoms with E-state index in [4.69, 9.17) is 0 Å². The molecule has 2 aliphatic rings. The molecule has 0 amide bonds. The molecule has 4 rings (SSSR count). The Morgan fingerprint density at radius 1 is 1.00 bits per heavy atom. The predicted molar refractivity (Wildman–Crippen MR) is 87.8 cm³/mol. The van der Waals surface area contributed by atoms with Crippen molar-refractivity contribution in [2.75, 3.05) is 32.9 Å². The summed E-state index contributed by atoms with van der Waals surface area (Å²) < 4.78 is 13.7. The molecule has 0 radical (unpaired) electrons. The number of rotatable bonds is 3. The van der Waals surface area contributed by atoms with Crippen molar-refractivity contribution in [1.29, 1.82) is 0 Å². The third-order valence-electron chi connectivity index (χ3n) is 4.94. The first kappa shape index (κ1) is 13.9. The molecule has 0 unspecified atom stereocenters. The van der Waals surface area contributed by atoms with Gasteiger partial charge in [-0.3, -0.25) is 4.90 Å². The molecule has 1 aliphatic carbocycles. The minimum Gasteiger partial charge on any atom is -0.314 e. The quantitative estimate of drug-likeness (QED) is 0.798. The Morgan fingerprint density at radius 2 is 1.77 bits per heavy atom. The Labute approximate surface area is 131 Å². The number of halogens is 1. The van der Waals surface area contributed by atoms with Crippen LogP contribution >= 0.6 is 0 Å². The minimum absolute atomic E-state index is 0.101. The van der Waals surface area contributed by atoms with Gasteiger partial charge in [-0.05, 0) is 34.2 Å². The van der Waals surface area contributed by atoms with E-state index in [-0.39, 0.29) is 12.7 Å². The van der Waals surface area contributed by atoms with Crippen LogP contribution < -0.4 is 5.32 Å². The van der Waals surface area contributed by atoms with Gasteiger partial charge in [-0.15, -0.1) is 0 Å². The normalized spacial score (nSPS) is 18.8. The smallest absolute Gasteiger partial charge is 0.109 e. The second-order valence-electron chi connectivity index (χ2n) is 6.21. The van der Waals surface area contributed by atoms with Gasteiger partial charge in [0.25, 0.3) is 0 Å². The maximum atomic E-state index is 13.7. The lowest BCUT2D eigenvalue weighted by atomic mass is 9.99. The van der Waals surface area contributed by atoms with Crippen molar-refractivity contribution in [3.05, 3.63) is 59.2 Å². The van der Waals surface area contributed by atoms with Crippen molar-refractivity contribution < 1.29 is 4.39 Å². The number of piperazine rings is 1. The van der Waals surface area contributed by atoms with Crippen LogP contribution in [0.3, 0.4) is 0 Å². The fourth-order valence-electron chi connectivity index (χ4n) is 3.76. The SMILES string of the molecule is FC[C@@H](c1ccc2c(c1)Cc1ccccc1-2)N1CCNCC1. The van der Waals surface area contributed by atoms with Crippen LogP contribution in [0.15, 0.2) is 42.5 Å². The summed E-state index contributed by atoms with van der Waals surface area (Å²) >= 11 is 0. The van der Waals surface area contributed by atoms with Crippen LogP contribution in [-0.2, 0) is 6.42 Å². The van der Waals surface area contributed by atoms with Gasteiger partial charge >= 0.3 is 0 Å². The molecule has 1 heterocycles. The summed E-state index contributed by atoms with van der Waals surface area (Å²) in [7, 11) is 0. The fraction of sp³-hybridized carbons (Fsp3) is 0.368. The molecule has 22 heavy (non-hydrogen) atoms. The molecule has 1 aliphatic heterocycles. The first-order valence-corrected chi connectivity index (χ1v) is 8.08. The Hall–Kier alpha value is -1.71. The lowest BCUT2D eigenvalue weighted by Gasteiger charge is -2.33. The lowest BCUT2D eigenvalue weighted by Crippen LogP contribution is -2.45. The molecule has 1 N–H and O–H groups in total. The largest absolute Gasteiger partial charge is 0.314 e. The predicted octanol–water partition coefficient (Wildman–Crippen LogP) is 3.17. The monoisotopic (exact) mass is 296 g/mol. The fourth-order valence-corrected chi connectivity index (χ4v) is 3.76. The number of alkyl halides is 1. The zero-order valence-corrected chi connectivity index (χ0v) is 12.7. The highest BCUT2D eigenvalue weighted by Crippen LogP contribution is 2.38. The summed E-state index contributed by atoms with van der Waals surface area (Å²) in [5, 5.41) is 3.33. The number of hydrogen-bond donors (Lipinski definition) is 1. The molecule has 0 saturated carbocycles. The van der Waals surface area contributed by atoms with E-state index in [1.54, 1.807) is 0 Å². The standard InChI is InChI=1S/C19H21FN2/c20-13-19(22-9-7-21-8-10-22)15-5-6-18-16(12-15)11-14-3-1-2-4-17(14)18/h1-6,12,19,21H,7-11,13H2/t19-/m0/s1. The van der Waals surface area contributed by atoms with Crippen LogP contribution in [0.4, 0.5) is 4.39 Å². The van der Waals surface area contributed by atoms with Crippen LogP contribution in [0.2, 0.25) is 0 Å². The molecule has 114 valence electrons. The maximum absolute atomic E-state index is 13.7. The first-order valence-electron chi connectivity index (χ1n) is 8.08. The van der Waals surface area contributed by atoms with E-state index in [1.165, 1.54) is 22.3 Å². The molecule has 0 aromatic heterocycles. The molecular formula is C19H21FN2. The van der Waals surface area contributed by atoms with Crippen molar-refractivity contribution in [3.8, 4) is 11.1 Å². The van der Waals surface area contributed by atoms with Gasteiger partial charge in [0.15, 0.2) is 0 Å². The number of fused-ring (bicyclic) bond motifs is 3. The summed E-state index contributed by atoms with van der Waals surface area (Å²) in [6.45, 7) is 3.43. The van der Waals surface area contributed by atoms with E-state index < -0.39 is 0 Å². The Morgan fingerprint density at radius 3 is 2.59 bits per heavy atom. The van der Waals surface area contributed by atoms with E-state index in [2.05, 4.69) is 52.7 Å². The number of hydrogen-bond acceptors (Lipinski definition) is 2. The van der Waals surface area contributed by atoms with Crippen LogP contribution in [-0.4, -0.2) is 37.8 Å². The van der Waals surface area contributed by atoms with Gasteiger partial charge < -0.3 is 5.32 Å². The Kier molecular flexibility index (Phi) is 3.68. The molecule has 3 heteroatoms. The van der Waals surface area contributed by atoms with Crippen LogP contribution in [0.5, 0.6) is 0 Å². The molecule has 2 aromatic rings. The summed E-state index contributed by atoms with van der Waals surface area (Å²) in [6.07, 6.45) is 0.972. The molecule has 1 fully saturated rings. The van der Waals surface area contributed by atoms with Gasteiger partial charge in [-0.2, -0.15) is 0 Å². The van der Waals surface area contributed by atoms with Crippen molar-refractivity contribution in [2.45, 2.75) is 12.5 Å². The van der Waals surface area contributed by atoms with Crippen molar-refractivity contribution >= 4 is 0 Å². The van der Waals surface area contributed by atoms with Crippen LogP contribution in [0.1, 0.15) is 22.7 Å². The number of nitrogens with one attached hydrogen (secondary N) is 1. The zero-order chi connectivity index (χ0) is 14.9. The third-order valence-corrected chi connectivity index (χ3v) is 4.94. The van der Waals surface area contributed by atoms with E-state index in [0.717, 1.165) is 38.2 Å². The summed E-state index contributed by atoms with van der Waals surface area (Å²) in [6, 6.07) is 15.0. The number of nitrogens with zero attached hydrogens (tertiary/aromatic N) is 1. The highest BCUT2D eigenvalue weighted by Gasteiger charge is 2.24. The van der Waals surface area contributed by atoms with Gasteiger partial charge in [0.1, 0.15) is 6.67 Å². The summed E-state index contributed by atoms with van der Waals surface area (Å²) in [5.74, 6) is 0. The van der Waals surface area contributed by atoms with Crippen molar-refractivity contribution in [3.63, 3.8) is 0 Å². The second-order valence-corrected chi connectivity index (χ2v) is 6.21. The van der Waals surface area contributed by atoms with Gasteiger partial charge in [0, 0.05) is 26.2 Å². The number of benzene rings is 2. The van der Waals surface area contributed by atoms with Crippen LogP contribution in [0, 0.1) is 0 Å². The minimum atomic E-state index is -0.314. The van der Waals surface area contributed by atoms with E-state index in [0.29, 0.717) is 0 Å². The molecule has 0 spiro atoms. The first-order chi connectivity index (χ1) is 10.9. The zero-order valence-electron chi connectivity index (χ0n) is 12.7. The van der Waals surface area contributed by atoms with Crippen LogP contribution in [0.25, 0.3) is 11.1 Å². The topological polar surface area (TPSA) is 15.3 Å². The van der Waals surface area contributed by atoms with E-state index in [1.807, 2.05) is 0 Å². The van der Waals surface area contributed by atoms with Gasteiger partial charge in [0.2, 0.25) is 0 Å². The average molecular weight is 296 g/mol. The maximum Gasteiger partial charge on any atom is 0.109 e. The van der Waals surface area contributed by atoms with Crippen molar-refractivity contribution in [1.82, 2.24) is 10.2 Å². The van der Waals surface area contributed by atoms with E-state index in [9.17, 15) is 4.39 Å². The molecular weight excluding hydrogens is 275 g/mol. The van der Waals surface area contributed by atoms with Gasteiger partial charge in [-0.25, -0.2) is 4.39 Å². The summed E-state index contributed by atoms with van der Waals surface area (Å²) in [5.41, 5.74) is 6.50. The van der Waals surface area contributed by atoms with Gasteiger partial charge in [0.05, 0.1) is 6.04 Å². The molecule has 0 bridgehead atoms. The molecule has 2 aromatic carbocycles. The Bertz CT molecular complexity index is 677. The average Bonchev–Trinajstić information content (AvgIpc) is 2.94. The highest BCUT2D eigenvalue weighted by atomic mass is 19.1. The third kappa shape index (κ3) is 2.34. The molecule has 1 atom stereocenters. The van der Waals surface area contributed by atoms with Crippen molar-refractivity contribution in [2.24, 2.45) is 0 Å². The van der Waals surface area contributed by atoms with Gasteiger partial charge in [-0.1, -0.05) is 42.5 Å². The summed E-state index contributed by atoms with van der Waals surface area (Å²) in [4.78, 5) is 2.26. The Balaban J connectivity index is 1.65. The molecule has 2 nitrogen and oxygen atoms in total.